The Morgan fingerprint density at radius 1 is 1.50 bits per heavy atom. The lowest BCUT2D eigenvalue weighted by atomic mass is 10.1. The average molecular weight is 289 g/mol. The van der Waals surface area contributed by atoms with E-state index in [0.29, 0.717) is 9.47 Å². The largest absolute Gasteiger partial charge is 0.481 e. The van der Waals surface area contributed by atoms with E-state index in [1.165, 1.54) is 11.3 Å². The highest BCUT2D eigenvalue weighted by molar-refractivity contribution is 8.01. The molecule has 0 fully saturated rings. The second-order valence-electron chi connectivity index (χ2n) is 3.73. The van der Waals surface area contributed by atoms with Crippen LogP contribution in [0.25, 0.3) is 0 Å². The van der Waals surface area contributed by atoms with Gasteiger partial charge in [-0.1, -0.05) is 43.4 Å². The normalized spacial score (nSPS) is 12.1. The average Bonchev–Trinajstić information content (AvgIpc) is 2.74. The van der Waals surface area contributed by atoms with Crippen LogP contribution in [0.2, 0.25) is 0 Å². The predicted molar refractivity (Wildman–Crippen MR) is 71.0 cm³/mol. The number of carbonyl (C=O) groups is 2. The van der Waals surface area contributed by atoms with Gasteiger partial charge in [-0.25, -0.2) is 0 Å². The van der Waals surface area contributed by atoms with Gasteiger partial charge >= 0.3 is 5.97 Å². The second kappa shape index (κ2) is 7.32. The van der Waals surface area contributed by atoms with Gasteiger partial charge in [-0.05, 0) is 6.42 Å². The molecule has 1 amide bonds. The minimum atomic E-state index is -0.905. The number of carbonyl (C=O) groups excluding carboxylic acids is 1. The Morgan fingerprint density at radius 3 is 2.83 bits per heavy atom. The van der Waals surface area contributed by atoms with Crippen molar-refractivity contribution in [3.63, 3.8) is 0 Å². The van der Waals surface area contributed by atoms with Crippen LogP contribution >= 0.6 is 23.1 Å². The highest BCUT2D eigenvalue weighted by atomic mass is 32.2. The van der Waals surface area contributed by atoms with E-state index in [9.17, 15) is 9.59 Å². The van der Waals surface area contributed by atoms with Gasteiger partial charge in [0.1, 0.15) is 0 Å². The fraction of sp³-hybridized carbons (Fsp3) is 0.600. The van der Waals surface area contributed by atoms with Crippen LogP contribution in [0.1, 0.15) is 26.7 Å². The Kier molecular flexibility index (Phi) is 6.06. The van der Waals surface area contributed by atoms with Crippen LogP contribution in [0.4, 0.5) is 5.13 Å². The zero-order valence-corrected chi connectivity index (χ0v) is 11.8. The molecule has 0 aliphatic heterocycles. The van der Waals surface area contributed by atoms with Crippen LogP contribution in [0, 0.1) is 5.92 Å². The molecule has 0 aromatic carbocycles. The molecule has 0 aliphatic rings. The van der Waals surface area contributed by atoms with Crippen molar-refractivity contribution in [1.29, 1.82) is 0 Å². The SMILES string of the molecule is CCCC(C)C(=O)Nc1nnc(SCC(=O)O)s1. The number of hydrogen-bond donors (Lipinski definition) is 2. The van der Waals surface area contributed by atoms with E-state index in [1.807, 2.05) is 13.8 Å². The maximum atomic E-state index is 11.7. The van der Waals surface area contributed by atoms with Gasteiger partial charge in [-0.3, -0.25) is 9.59 Å². The quantitative estimate of drug-likeness (QED) is 0.590. The summed E-state index contributed by atoms with van der Waals surface area (Å²) in [6.45, 7) is 3.88. The smallest absolute Gasteiger partial charge is 0.313 e. The topological polar surface area (TPSA) is 92.2 Å². The van der Waals surface area contributed by atoms with Crippen molar-refractivity contribution in [3.05, 3.63) is 0 Å². The molecule has 8 heteroatoms. The third-order valence-electron chi connectivity index (χ3n) is 2.12. The lowest BCUT2D eigenvalue weighted by Gasteiger charge is -2.07. The van der Waals surface area contributed by atoms with Crippen LogP contribution in [0.5, 0.6) is 0 Å². The number of anilines is 1. The zero-order valence-electron chi connectivity index (χ0n) is 10.2. The molecule has 1 aromatic heterocycles. The first-order chi connectivity index (χ1) is 8.52. The standard InChI is InChI=1S/C10H15N3O3S2/c1-3-4-6(2)8(16)11-9-12-13-10(18-9)17-5-7(14)15/h6H,3-5H2,1-2H3,(H,14,15)(H,11,12,16). The molecular weight excluding hydrogens is 274 g/mol. The molecule has 0 saturated carbocycles. The van der Waals surface area contributed by atoms with Crippen molar-refractivity contribution >= 4 is 40.1 Å². The summed E-state index contributed by atoms with van der Waals surface area (Å²) in [5.74, 6) is -1.11. The fourth-order valence-corrected chi connectivity index (χ4v) is 2.71. The molecule has 0 bridgehead atoms. The number of aliphatic carboxylic acids is 1. The van der Waals surface area contributed by atoms with Crippen molar-refractivity contribution < 1.29 is 14.7 Å². The molecule has 1 unspecified atom stereocenters. The summed E-state index contributed by atoms with van der Waals surface area (Å²) in [5, 5.41) is 19.2. The van der Waals surface area contributed by atoms with E-state index in [4.69, 9.17) is 5.11 Å². The van der Waals surface area contributed by atoms with Crippen LogP contribution < -0.4 is 5.32 Å². The number of nitrogens with zero attached hydrogens (tertiary/aromatic N) is 2. The summed E-state index contributed by atoms with van der Waals surface area (Å²) < 4.78 is 0.538. The van der Waals surface area contributed by atoms with Gasteiger partial charge in [-0.2, -0.15) is 0 Å². The predicted octanol–water partition coefficient (Wildman–Crippen LogP) is 2.09. The summed E-state index contributed by atoms with van der Waals surface area (Å²) in [4.78, 5) is 22.1. The number of hydrogen-bond acceptors (Lipinski definition) is 6. The van der Waals surface area contributed by atoms with Gasteiger partial charge < -0.3 is 10.4 Å². The van der Waals surface area contributed by atoms with E-state index in [-0.39, 0.29) is 17.6 Å². The third kappa shape index (κ3) is 5.01. The highest BCUT2D eigenvalue weighted by Crippen LogP contribution is 2.25. The molecule has 1 rings (SSSR count). The molecule has 1 aromatic rings. The molecule has 0 radical (unpaired) electrons. The van der Waals surface area contributed by atoms with Crippen LogP contribution in [-0.4, -0.2) is 32.9 Å². The van der Waals surface area contributed by atoms with Gasteiger partial charge in [0, 0.05) is 5.92 Å². The lowest BCUT2D eigenvalue weighted by molar-refractivity contribution is -0.133. The first-order valence-corrected chi connectivity index (χ1v) is 7.32. The third-order valence-corrected chi connectivity index (χ3v) is 4.08. The van der Waals surface area contributed by atoms with Crippen molar-refractivity contribution in [2.45, 2.75) is 31.0 Å². The van der Waals surface area contributed by atoms with Gasteiger partial charge in [0.2, 0.25) is 11.0 Å². The lowest BCUT2D eigenvalue weighted by Crippen LogP contribution is -2.20. The Labute approximate surface area is 113 Å². The van der Waals surface area contributed by atoms with Crippen molar-refractivity contribution in [3.8, 4) is 0 Å². The molecular formula is C10H15N3O3S2. The second-order valence-corrected chi connectivity index (χ2v) is 5.93. The van der Waals surface area contributed by atoms with Crippen molar-refractivity contribution in [1.82, 2.24) is 10.2 Å². The number of nitrogens with one attached hydrogen (secondary N) is 1. The van der Waals surface area contributed by atoms with Crippen molar-refractivity contribution in [2.75, 3.05) is 11.1 Å². The number of amides is 1. The first-order valence-electron chi connectivity index (χ1n) is 5.52. The van der Waals surface area contributed by atoms with E-state index in [0.717, 1.165) is 24.6 Å². The Morgan fingerprint density at radius 2 is 2.22 bits per heavy atom. The van der Waals surface area contributed by atoms with Crippen LogP contribution in [-0.2, 0) is 9.59 Å². The molecule has 0 saturated heterocycles. The fourth-order valence-electron chi connectivity index (χ4n) is 1.23. The van der Waals surface area contributed by atoms with Crippen LogP contribution in [0.15, 0.2) is 4.34 Å². The van der Waals surface area contributed by atoms with Gasteiger partial charge in [0.05, 0.1) is 5.75 Å². The van der Waals surface area contributed by atoms with E-state index in [2.05, 4.69) is 15.5 Å². The summed E-state index contributed by atoms with van der Waals surface area (Å²) in [6, 6.07) is 0. The summed E-state index contributed by atoms with van der Waals surface area (Å²) >= 11 is 2.27. The number of rotatable bonds is 7. The molecule has 1 heterocycles. The minimum Gasteiger partial charge on any atom is -0.481 e. The van der Waals surface area contributed by atoms with E-state index >= 15 is 0 Å². The maximum Gasteiger partial charge on any atom is 0.313 e. The molecule has 0 aliphatic carbocycles. The van der Waals surface area contributed by atoms with Gasteiger partial charge in [0.25, 0.3) is 0 Å². The molecule has 0 spiro atoms. The summed E-state index contributed by atoms with van der Waals surface area (Å²) in [7, 11) is 0. The molecule has 2 N–H and O–H groups in total. The number of aromatic nitrogens is 2. The minimum absolute atomic E-state index is 0.0607. The van der Waals surface area contributed by atoms with Crippen LogP contribution in [0.3, 0.4) is 0 Å². The number of carboxylic acids is 1. The van der Waals surface area contributed by atoms with Gasteiger partial charge in [-0.15, -0.1) is 10.2 Å². The van der Waals surface area contributed by atoms with E-state index in [1.54, 1.807) is 0 Å². The number of carboxylic acid groups (broad SMARTS) is 1. The molecule has 18 heavy (non-hydrogen) atoms. The zero-order chi connectivity index (χ0) is 13.5. The van der Waals surface area contributed by atoms with Gasteiger partial charge in [0.15, 0.2) is 4.34 Å². The summed E-state index contributed by atoms with van der Waals surface area (Å²) in [6.07, 6.45) is 1.77. The summed E-state index contributed by atoms with van der Waals surface area (Å²) in [5.41, 5.74) is 0. The monoisotopic (exact) mass is 289 g/mol. The molecule has 100 valence electrons. The Hall–Kier alpha value is -1.15. The maximum absolute atomic E-state index is 11.7. The van der Waals surface area contributed by atoms with E-state index < -0.39 is 5.97 Å². The molecule has 1 atom stereocenters. The van der Waals surface area contributed by atoms with Crippen molar-refractivity contribution in [2.24, 2.45) is 5.92 Å². The Bertz CT molecular complexity index is 422. The molecule has 6 nitrogen and oxygen atoms in total. The Balaban J connectivity index is 2.48. The first kappa shape index (κ1) is 14.9. The number of thioether (sulfide) groups is 1. The highest BCUT2D eigenvalue weighted by Gasteiger charge is 2.14.